The molecule has 134 valence electrons. The van der Waals surface area contributed by atoms with Crippen molar-refractivity contribution in [3.05, 3.63) is 58.7 Å². The molecule has 6 nitrogen and oxygen atoms in total. The summed E-state index contributed by atoms with van der Waals surface area (Å²) in [6.07, 6.45) is 3.24. The van der Waals surface area contributed by atoms with E-state index in [4.69, 9.17) is 0 Å². The minimum Gasteiger partial charge on any atom is -0.342 e. The number of hydrogen-bond donors (Lipinski definition) is 0. The summed E-state index contributed by atoms with van der Waals surface area (Å²) in [5.41, 5.74) is 4.39. The van der Waals surface area contributed by atoms with Crippen molar-refractivity contribution >= 4 is 11.7 Å². The zero-order chi connectivity index (χ0) is 18.1. The summed E-state index contributed by atoms with van der Waals surface area (Å²) in [5, 5.41) is 4.56. The molecule has 2 aromatic heterocycles. The molecule has 0 unspecified atom stereocenters. The van der Waals surface area contributed by atoms with Crippen molar-refractivity contribution in [3.8, 4) is 0 Å². The topological polar surface area (TPSA) is 63.4 Å². The van der Waals surface area contributed by atoms with Gasteiger partial charge in [-0.25, -0.2) is 9.50 Å². The van der Waals surface area contributed by atoms with Gasteiger partial charge in [-0.05, 0) is 37.8 Å². The molecule has 1 aliphatic rings. The Hall–Kier alpha value is -2.76. The van der Waals surface area contributed by atoms with E-state index in [0.29, 0.717) is 11.6 Å². The highest BCUT2D eigenvalue weighted by atomic mass is 16.2. The van der Waals surface area contributed by atoms with Crippen molar-refractivity contribution in [2.45, 2.75) is 39.5 Å². The third kappa shape index (κ3) is 3.19. The largest absolute Gasteiger partial charge is 0.342 e. The second-order valence-electron chi connectivity index (χ2n) is 6.93. The van der Waals surface area contributed by atoms with Gasteiger partial charge < -0.3 is 4.90 Å². The van der Waals surface area contributed by atoms with E-state index in [9.17, 15) is 4.79 Å². The van der Waals surface area contributed by atoms with E-state index in [2.05, 4.69) is 27.2 Å². The number of hydrogen-bond acceptors (Lipinski definition) is 4. The van der Waals surface area contributed by atoms with Crippen LogP contribution in [0.1, 0.15) is 41.2 Å². The summed E-state index contributed by atoms with van der Waals surface area (Å²) in [6.45, 7) is 5.75. The average molecular weight is 349 g/mol. The summed E-state index contributed by atoms with van der Waals surface area (Å²) in [6, 6.07) is 10.3. The van der Waals surface area contributed by atoms with Gasteiger partial charge in [0.25, 0.3) is 5.78 Å². The lowest BCUT2D eigenvalue weighted by Gasteiger charge is -2.13. The van der Waals surface area contributed by atoms with Crippen LogP contribution in [0, 0.1) is 13.8 Å². The molecule has 1 fully saturated rings. The van der Waals surface area contributed by atoms with Crippen LogP contribution >= 0.6 is 0 Å². The fourth-order valence-corrected chi connectivity index (χ4v) is 3.59. The SMILES string of the molecule is Cc1nc2nc(CC(=O)N3CCCC3)nn2c(C)c1Cc1ccccc1. The first kappa shape index (κ1) is 16.7. The monoisotopic (exact) mass is 349 g/mol. The van der Waals surface area contributed by atoms with Gasteiger partial charge in [0.05, 0.1) is 6.42 Å². The first-order valence-corrected chi connectivity index (χ1v) is 9.15. The van der Waals surface area contributed by atoms with E-state index >= 15 is 0 Å². The maximum atomic E-state index is 12.4. The Morgan fingerprint density at radius 2 is 1.81 bits per heavy atom. The number of nitrogens with zero attached hydrogens (tertiary/aromatic N) is 5. The van der Waals surface area contributed by atoms with Crippen LogP contribution < -0.4 is 0 Å². The molecule has 0 spiro atoms. The maximum absolute atomic E-state index is 12.4. The Labute approximate surface area is 152 Å². The van der Waals surface area contributed by atoms with E-state index in [0.717, 1.165) is 49.3 Å². The lowest BCUT2D eigenvalue weighted by Crippen LogP contribution is -2.29. The van der Waals surface area contributed by atoms with Crippen molar-refractivity contribution in [1.29, 1.82) is 0 Å². The fraction of sp³-hybridized carbons (Fsp3) is 0.400. The molecule has 1 aromatic carbocycles. The van der Waals surface area contributed by atoms with E-state index in [1.54, 1.807) is 4.52 Å². The van der Waals surface area contributed by atoms with E-state index < -0.39 is 0 Å². The number of carbonyl (C=O) groups is 1. The van der Waals surface area contributed by atoms with Crippen molar-refractivity contribution < 1.29 is 4.79 Å². The lowest BCUT2D eigenvalue weighted by atomic mass is 10.0. The van der Waals surface area contributed by atoms with Crippen molar-refractivity contribution in [2.75, 3.05) is 13.1 Å². The van der Waals surface area contributed by atoms with Gasteiger partial charge in [0.2, 0.25) is 5.91 Å². The van der Waals surface area contributed by atoms with Crippen LogP contribution in [-0.2, 0) is 17.6 Å². The molecular formula is C20H23N5O. The quantitative estimate of drug-likeness (QED) is 0.726. The smallest absolute Gasteiger partial charge is 0.252 e. The molecular weight excluding hydrogens is 326 g/mol. The summed E-state index contributed by atoms with van der Waals surface area (Å²) in [7, 11) is 0. The lowest BCUT2D eigenvalue weighted by molar-refractivity contribution is -0.129. The van der Waals surface area contributed by atoms with Gasteiger partial charge in [-0.2, -0.15) is 4.98 Å². The molecule has 0 bridgehead atoms. The fourth-order valence-electron chi connectivity index (χ4n) is 3.59. The number of amides is 1. The Morgan fingerprint density at radius 1 is 1.08 bits per heavy atom. The molecule has 0 radical (unpaired) electrons. The number of benzene rings is 1. The normalized spacial score (nSPS) is 14.3. The Morgan fingerprint density at radius 3 is 2.54 bits per heavy atom. The van der Waals surface area contributed by atoms with E-state index in [1.807, 2.05) is 36.9 Å². The Bertz CT molecular complexity index is 942. The first-order valence-electron chi connectivity index (χ1n) is 9.15. The van der Waals surface area contributed by atoms with Crippen LogP contribution in [0.4, 0.5) is 0 Å². The minimum atomic E-state index is 0.109. The molecule has 3 heterocycles. The van der Waals surface area contributed by atoms with Crippen LogP contribution in [0.25, 0.3) is 5.78 Å². The Kier molecular flexibility index (Phi) is 4.41. The van der Waals surface area contributed by atoms with Crippen LogP contribution in [0.2, 0.25) is 0 Å². The molecule has 4 rings (SSSR count). The van der Waals surface area contributed by atoms with Crippen LogP contribution in [-0.4, -0.2) is 43.5 Å². The molecule has 1 amide bonds. The number of aromatic nitrogens is 4. The highest BCUT2D eigenvalue weighted by Gasteiger charge is 2.21. The zero-order valence-electron chi connectivity index (χ0n) is 15.3. The van der Waals surface area contributed by atoms with Gasteiger partial charge in [-0.1, -0.05) is 30.3 Å². The van der Waals surface area contributed by atoms with E-state index in [-0.39, 0.29) is 12.3 Å². The minimum absolute atomic E-state index is 0.109. The van der Waals surface area contributed by atoms with Crippen LogP contribution in [0.5, 0.6) is 0 Å². The van der Waals surface area contributed by atoms with Gasteiger partial charge in [0.1, 0.15) is 0 Å². The highest BCUT2D eigenvalue weighted by Crippen LogP contribution is 2.18. The second kappa shape index (κ2) is 6.86. The average Bonchev–Trinajstić information content (AvgIpc) is 3.29. The van der Waals surface area contributed by atoms with Gasteiger partial charge in [-0.15, -0.1) is 5.10 Å². The third-order valence-electron chi connectivity index (χ3n) is 5.08. The number of likely N-dealkylation sites (tertiary alicyclic amines) is 1. The summed E-state index contributed by atoms with van der Waals surface area (Å²) < 4.78 is 1.78. The van der Waals surface area contributed by atoms with Crippen molar-refractivity contribution in [2.24, 2.45) is 0 Å². The van der Waals surface area contributed by atoms with Crippen LogP contribution in [0.15, 0.2) is 30.3 Å². The molecule has 0 saturated carbocycles. The second-order valence-corrected chi connectivity index (χ2v) is 6.93. The van der Waals surface area contributed by atoms with Crippen molar-refractivity contribution in [1.82, 2.24) is 24.5 Å². The standard InChI is InChI=1S/C20H23N5O/c1-14-17(12-16-8-4-3-5-9-16)15(2)25-20(21-14)22-18(23-25)13-19(26)24-10-6-7-11-24/h3-5,8-9H,6-7,10-13H2,1-2H3. The zero-order valence-corrected chi connectivity index (χ0v) is 15.3. The molecule has 0 atom stereocenters. The number of carbonyl (C=O) groups excluding carboxylic acids is 1. The van der Waals surface area contributed by atoms with Gasteiger partial charge >= 0.3 is 0 Å². The molecule has 1 aliphatic heterocycles. The molecule has 6 heteroatoms. The predicted molar refractivity (Wildman–Crippen MR) is 99.0 cm³/mol. The third-order valence-corrected chi connectivity index (χ3v) is 5.08. The van der Waals surface area contributed by atoms with Crippen molar-refractivity contribution in [3.63, 3.8) is 0 Å². The predicted octanol–water partition coefficient (Wildman–Crippen LogP) is 2.50. The molecule has 0 aliphatic carbocycles. The van der Waals surface area contributed by atoms with Crippen LogP contribution in [0.3, 0.4) is 0 Å². The molecule has 1 saturated heterocycles. The Balaban J connectivity index is 1.63. The highest BCUT2D eigenvalue weighted by molar-refractivity contribution is 5.78. The molecule has 3 aromatic rings. The molecule has 26 heavy (non-hydrogen) atoms. The number of aryl methyl sites for hydroxylation is 2. The maximum Gasteiger partial charge on any atom is 0.252 e. The molecule has 0 N–H and O–H groups in total. The summed E-state index contributed by atoms with van der Waals surface area (Å²) in [5.74, 6) is 1.23. The number of rotatable bonds is 4. The van der Waals surface area contributed by atoms with Gasteiger partial charge in [0.15, 0.2) is 5.82 Å². The first-order chi connectivity index (χ1) is 12.6. The van der Waals surface area contributed by atoms with Gasteiger partial charge in [-0.3, -0.25) is 4.79 Å². The summed E-state index contributed by atoms with van der Waals surface area (Å²) in [4.78, 5) is 23.4. The van der Waals surface area contributed by atoms with E-state index in [1.165, 1.54) is 5.56 Å². The number of fused-ring (bicyclic) bond motifs is 1. The summed E-state index contributed by atoms with van der Waals surface area (Å²) >= 11 is 0. The van der Waals surface area contributed by atoms with Gasteiger partial charge in [0, 0.05) is 30.9 Å².